The molecule has 0 aliphatic heterocycles. The number of hydrogen-bond donors (Lipinski definition) is 0. The summed E-state index contributed by atoms with van der Waals surface area (Å²) in [5.74, 6) is 0.635. The summed E-state index contributed by atoms with van der Waals surface area (Å²) >= 11 is 0. The van der Waals surface area contributed by atoms with Gasteiger partial charge in [-0.05, 0) is 47.5 Å². The van der Waals surface area contributed by atoms with Gasteiger partial charge >= 0.3 is 0 Å². The molecule has 6 aromatic carbocycles. The van der Waals surface area contributed by atoms with Gasteiger partial charge in [0.1, 0.15) is 5.58 Å². The molecule has 9 rings (SSSR count). The number of fused-ring (bicyclic) bond motifs is 6. The van der Waals surface area contributed by atoms with Crippen molar-refractivity contribution >= 4 is 43.9 Å². The quantitative estimate of drug-likeness (QED) is 0.214. The fourth-order valence-corrected chi connectivity index (χ4v) is 6.50. The van der Waals surface area contributed by atoms with Crippen molar-refractivity contribution in [2.45, 2.75) is 0 Å². The zero-order valence-corrected chi connectivity index (χ0v) is 23.7. The van der Waals surface area contributed by atoms with E-state index in [4.69, 9.17) is 14.4 Å². The van der Waals surface area contributed by atoms with Gasteiger partial charge in [-0.1, -0.05) is 115 Å². The molecule has 0 amide bonds. The van der Waals surface area contributed by atoms with E-state index >= 15 is 0 Å². The fourth-order valence-electron chi connectivity index (χ4n) is 6.50. The van der Waals surface area contributed by atoms with Gasteiger partial charge in [-0.25, -0.2) is 4.98 Å². The average molecular weight is 564 g/mol. The molecule has 3 aromatic heterocycles. The van der Waals surface area contributed by atoms with Crippen LogP contribution in [0.15, 0.2) is 156 Å². The highest BCUT2D eigenvalue weighted by Gasteiger charge is 2.19. The van der Waals surface area contributed by atoms with Crippen molar-refractivity contribution in [2.75, 3.05) is 0 Å². The maximum absolute atomic E-state index is 6.29. The molecule has 206 valence electrons. The molecule has 4 heteroatoms. The Hall–Kier alpha value is -6.00. The van der Waals surface area contributed by atoms with E-state index in [0.29, 0.717) is 11.5 Å². The van der Waals surface area contributed by atoms with Crippen LogP contribution in [-0.4, -0.2) is 14.5 Å². The van der Waals surface area contributed by atoms with Crippen LogP contribution in [0.3, 0.4) is 0 Å². The summed E-state index contributed by atoms with van der Waals surface area (Å²) in [4.78, 5) is 10.2. The Morgan fingerprint density at radius 2 is 1.14 bits per heavy atom. The maximum Gasteiger partial charge on any atom is 0.231 e. The van der Waals surface area contributed by atoms with Crippen molar-refractivity contribution in [2.24, 2.45) is 0 Å². The summed E-state index contributed by atoms with van der Waals surface area (Å²) < 4.78 is 8.64. The van der Waals surface area contributed by atoms with E-state index in [1.165, 1.54) is 27.4 Å². The number of para-hydroxylation sites is 3. The van der Waals surface area contributed by atoms with Gasteiger partial charge in [0.2, 0.25) is 5.71 Å². The van der Waals surface area contributed by atoms with Crippen LogP contribution in [0.5, 0.6) is 0 Å². The van der Waals surface area contributed by atoms with E-state index in [2.05, 4.69) is 120 Å². The number of furan rings is 1. The minimum absolute atomic E-state index is 0.591. The molecule has 0 aliphatic rings. The molecule has 0 radical (unpaired) electrons. The summed E-state index contributed by atoms with van der Waals surface area (Å²) in [7, 11) is 0. The molecular formula is C40H25N3O. The van der Waals surface area contributed by atoms with Crippen LogP contribution in [0.25, 0.3) is 83.3 Å². The van der Waals surface area contributed by atoms with Crippen LogP contribution >= 0.6 is 0 Å². The molecule has 0 fully saturated rings. The van der Waals surface area contributed by atoms with Gasteiger partial charge in [0.05, 0.1) is 22.1 Å². The molecule has 0 bridgehead atoms. The molecule has 4 nitrogen and oxygen atoms in total. The lowest BCUT2D eigenvalue weighted by molar-refractivity contribution is 0.653. The molecule has 0 saturated heterocycles. The standard InChI is InChI=1S/C40H25N3O/c1-3-13-26(14-4-1)38-37-32-20-8-10-24-35(32)44-40(37)42-39(41-38)28-16-11-15-27(25-28)30-21-12-23-34-36(30)31-19-7-9-22-33(31)43(34)29-17-5-2-6-18-29/h1-25H. The maximum atomic E-state index is 6.29. The molecule has 0 spiro atoms. The first-order chi connectivity index (χ1) is 21.8. The third-order valence-corrected chi connectivity index (χ3v) is 8.43. The second-order valence-electron chi connectivity index (χ2n) is 11.0. The number of nitrogens with zero attached hydrogens (tertiary/aromatic N) is 3. The Morgan fingerprint density at radius 1 is 0.477 bits per heavy atom. The Labute approximate surface area is 253 Å². The first-order valence-electron chi connectivity index (χ1n) is 14.8. The second kappa shape index (κ2) is 9.79. The van der Waals surface area contributed by atoms with E-state index in [9.17, 15) is 0 Å². The van der Waals surface area contributed by atoms with E-state index in [0.717, 1.165) is 44.4 Å². The number of hydrogen-bond acceptors (Lipinski definition) is 3. The van der Waals surface area contributed by atoms with E-state index < -0.39 is 0 Å². The van der Waals surface area contributed by atoms with Crippen LogP contribution < -0.4 is 0 Å². The zero-order chi connectivity index (χ0) is 29.0. The average Bonchev–Trinajstić information content (AvgIpc) is 3.64. The molecule has 0 atom stereocenters. The van der Waals surface area contributed by atoms with Crippen molar-refractivity contribution in [1.29, 1.82) is 0 Å². The van der Waals surface area contributed by atoms with Gasteiger partial charge < -0.3 is 8.98 Å². The lowest BCUT2D eigenvalue weighted by Crippen LogP contribution is -1.94. The summed E-state index contributed by atoms with van der Waals surface area (Å²) in [6.07, 6.45) is 0. The molecule has 0 saturated carbocycles. The SMILES string of the molecule is c1ccc(-c2nc(-c3cccc(-c4cccc5c4c4ccccc4n5-c4ccccc4)c3)nc3oc4ccccc4c23)cc1. The molecule has 0 N–H and O–H groups in total. The van der Waals surface area contributed by atoms with Crippen molar-refractivity contribution in [3.63, 3.8) is 0 Å². The van der Waals surface area contributed by atoms with Crippen LogP contribution in [0.2, 0.25) is 0 Å². The predicted octanol–water partition coefficient (Wildman–Crippen LogP) is 10.5. The van der Waals surface area contributed by atoms with E-state index in [1.807, 2.05) is 36.4 Å². The highest BCUT2D eigenvalue weighted by atomic mass is 16.3. The van der Waals surface area contributed by atoms with Crippen LogP contribution in [0, 0.1) is 0 Å². The highest BCUT2D eigenvalue weighted by molar-refractivity contribution is 6.16. The Balaban J connectivity index is 1.27. The molecule has 0 aliphatic carbocycles. The fraction of sp³-hybridized carbons (Fsp3) is 0. The smallest absolute Gasteiger partial charge is 0.231 e. The lowest BCUT2D eigenvalue weighted by atomic mass is 9.97. The van der Waals surface area contributed by atoms with Crippen LogP contribution in [-0.2, 0) is 0 Å². The van der Waals surface area contributed by atoms with Crippen molar-refractivity contribution in [1.82, 2.24) is 14.5 Å². The van der Waals surface area contributed by atoms with Gasteiger partial charge in [0.15, 0.2) is 5.82 Å². The molecule has 44 heavy (non-hydrogen) atoms. The lowest BCUT2D eigenvalue weighted by Gasteiger charge is -2.10. The first-order valence-corrected chi connectivity index (χ1v) is 14.8. The van der Waals surface area contributed by atoms with Crippen molar-refractivity contribution < 1.29 is 4.42 Å². The van der Waals surface area contributed by atoms with E-state index in [-0.39, 0.29) is 0 Å². The molecule has 0 unspecified atom stereocenters. The van der Waals surface area contributed by atoms with Gasteiger partial charge in [0.25, 0.3) is 0 Å². The largest absolute Gasteiger partial charge is 0.438 e. The number of benzene rings is 6. The molecular weight excluding hydrogens is 538 g/mol. The summed E-state index contributed by atoms with van der Waals surface area (Å²) in [5.41, 5.74) is 10.0. The Kier molecular flexibility index (Phi) is 5.47. The first kappa shape index (κ1) is 24.6. The molecule has 3 heterocycles. The third-order valence-electron chi connectivity index (χ3n) is 8.43. The van der Waals surface area contributed by atoms with Gasteiger partial charge in [0, 0.05) is 33.0 Å². The topological polar surface area (TPSA) is 43.9 Å². The summed E-state index contributed by atoms with van der Waals surface area (Å²) in [6.45, 7) is 0. The number of aromatic nitrogens is 3. The van der Waals surface area contributed by atoms with Gasteiger partial charge in [-0.2, -0.15) is 4.98 Å². The molecule has 9 aromatic rings. The van der Waals surface area contributed by atoms with Crippen molar-refractivity contribution in [3.8, 4) is 39.5 Å². The second-order valence-corrected chi connectivity index (χ2v) is 11.0. The third kappa shape index (κ3) is 3.78. The van der Waals surface area contributed by atoms with Crippen molar-refractivity contribution in [3.05, 3.63) is 152 Å². The Bertz CT molecular complexity index is 2490. The Morgan fingerprint density at radius 3 is 2.00 bits per heavy atom. The highest BCUT2D eigenvalue weighted by Crippen LogP contribution is 2.40. The van der Waals surface area contributed by atoms with Gasteiger partial charge in [-0.15, -0.1) is 0 Å². The minimum atomic E-state index is 0.591. The summed E-state index contributed by atoms with van der Waals surface area (Å²) in [5, 5.41) is 4.40. The van der Waals surface area contributed by atoms with Crippen LogP contribution in [0.4, 0.5) is 0 Å². The predicted molar refractivity (Wildman–Crippen MR) is 180 cm³/mol. The van der Waals surface area contributed by atoms with E-state index in [1.54, 1.807) is 0 Å². The van der Waals surface area contributed by atoms with Gasteiger partial charge in [-0.3, -0.25) is 0 Å². The number of rotatable bonds is 4. The normalized spacial score (nSPS) is 11.6. The van der Waals surface area contributed by atoms with Crippen LogP contribution in [0.1, 0.15) is 0 Å². The minimum Gasteiger partial charge on any atom is -0.438 e. The monoisotopic (exact) mass is 563 g/mol. The zero-order valence-electron chi connectivity index (χ0n) is 23.7. The summed E-state index contributed by atoms with van der Waals surface area (Å²) in [6, 6.07) is 52.7.